The van der Waals surface area contributed by atoms with Crippen molar-refractivity contribution in [3.05, 3.63) is 60.3 Å². The van der Waals surface area contributed by atoms with Crippen molar-refractivity contribution < 1.29 is 4.39 Å². The molecule has 0 saturated heterocycles. The van der Waals surface area contributed by atoms with Crippen LogP contribution in [0.4, 0.5) is 33.2 Å². The van der Waals surface area contributed by atoms with Gasteiger partial charge in [-0.3, -0.25) is 4.98 Å². The summed E-state index contributed by atoms with van der Waals surface area (Å²) in [6, 6.07) is 10.0. The van der Waals surface area contributed by atoms with E-state index in [1.165, 1.54) is 6.07 Å². The molecule has 23 heavy (non-hydrogen) atoms. The number of benzene rings is 1. The largest absolute Gasteiger partial charge is 0.368 e. The molecule has 0 aliphatic heterocycles. The Morgan fingerprint density at radius 2 is 1.74 bits per heavy atom. The average Bonchev–Trinajstić information content (AvgIpc) is 2.50. The van der Waals surface area contributed by atoms with Gasteiger partial charge < -0.3 is 16.4 Å². The summed E-state index contributed by atoms with van der Waals surface area (Å²) in [6.07, 6.45) is 3.27. The molecule has 7 heteroatoms. The van der Waals surface area contributed by atoms with Crippen LogP contribution in [-0.4, -0.2) is 15.0 Å². The van der Waals surface area contributed by atoms with Crippen LogP contribution in [0.1, 0.15) is 5.69 Å². The summed E-state index contributed by atoms with van der Waals surface area (Å²) < 4.78 is 14.2. The van der Waals surface area contributed by atoms with Crippen molar-refractivity contribution in [3.63, 3.8) is 0 Å². The molecule has 2 heterocycles. The number of hydrogen-bond donors (Lipinski definition) is 3. The number of aromatic nitrogens is 3. The molecule has 0 atom stereocenters. The van der Waals surface area contributed by atoms with E-state index in [9.17, 15) is 4.39 Å². The first-order chi connectivity index (χ1) is 11.1. The van der Waals surface area contributed by atoms with Crippen molar-refractivity contribution in [2.75, 3.05) is 16.4 Å². The highest BCUT2D eigenvalue weighted by Crippen LogP contribution is 2.24. The zero-order valence-corrected chi connectivity index (χ0v) is 12.4. The second kappa shape index (κ2) is 6.27. The summed E-state index contributed by atoms with van der Waals surface area (Å²) in [6.45, 7) is 1.81. The van der Waals surface area contributed by atoms with E-state index in [0.717, 1.165) is 11.4 Å². The average molecular weight is 310 g/mol. The van der Waals surface area contributed by atoms with E-state index in [-0.39, 0.29) is 11.8 Å². The molecule has 0 aliphatic carbocycles. The summed E-state index contributed by atoms with van der Waals surface area (Å²) in [5, 5.41) is 6.00. The third-order valence-electron chi connectivity index (χ3n) is 3.07. The van der Waals surface area contributed by atoms with E-state index in [2.05, 4.69) is 25.6 Å². The van der Waals surface area contributed by atoms with E-state index >= 15 is 0 Å². The molecule has 0 spiro atoms. The van der Waals surface area contributed by atoms with E-state index in [1.54, 1.807) is 42.7 Å². The number of halogens is 1. The minimum Gasteiger partial charge on any atom is -0.368 e. The fourth-order valence-electron chi connectivity index (χ4n) is 2.09. The van der Waals surface area contributed by atoms with E-state index in [1.807, 2.05) is 6.92 Å². The number of nitrogens with zero attached hydrogens (tertiary/aromatic N) is 3. The van der Waals surface area contributed by atoms with Gasteiger partial charge in [0.05, 0.1) is 5.69 Å². The molecule has 6 nitrogen and oxygen atoms in total. The number of nitrogens with one attached hydrogen (secondary N) is 2. The van der Waals surface area contributed by atoms with E-state index < -0.39 is 0 Å². The molecule has 1 aromatic carbocycles. The fraction of sp³-hybridized carbons (Fsp3) is 0.0625. The first-order valence-electron chi connectivity index (χ1n) is 6.95. The van der Waals surface area contributed by atoms with Crippen LogP contribution in [0.25, 0.3) is 0 Å². The summed E-state index contributed by atoms with van der Waals surface area (Å²) in [5.41, 5.74) is 8.04. The standard InChI is InChI=1S/C16H15FN6/c1-10-8-15(23-16(18)20-10)22-12-2-3-14(13(17)9-12)21-11-4-6-19-7-5-11/h2-9H,1H3,(H,19,21)(H3,18,20,22,23). The van der Waals surface area contributed by atoms with Gasteiger partial charge in [-0.05, 0) is 37.3 Å². The van der Waals surface area contributed by atoms with Crippen molar-refractivity contribution in [2.24, 2.45) is 0 Å². The van der Waals surface area contributed by atoms with Crippen LogP contribution >= 0.6 is 0 Å². The Morgan fingerprint density at radius 3 is 2.43 bits per heavy atom. The van der Waals surface area contributed by atoms with Gasteiger partial charge in [0, 0.05) is 35.5 Å². The Bertz CT molecular complexity index is 802. The minimum atomic E-state index is -0.384. The Hall–Kier alpha value is -3.22. The molecule has 2 aromatic heterocycles. The predicted octanol–water partition coefficient (Wildman–Crippen LogP) is 3.39. The number of aryl methyl sites for hydroxylation is 1. The number of rotatable bonds is 4. The van der Waals surface area contributed by atoms with Crippen LogP contribution in [0.3, 0.4) is 0 Å². The highest BCUT2D eigenvalue weighted by atomic mass is 19.1. The molecule has 3 rings (SSSR count). The molecular weight excluding hydrogens is 295 g/mol. The Labute approximate surface area is 132 Å². The number of anilines is 5. The maximum Gasteiger partial charge on any atom is 0.222 e. The maximum absolute atomic E-state index is 14.2. The van der Waals surface area contributed by atoms with Crippen LogP contribution in [-0.2, 0) is 0 Å². The fourth-order valence-corrected chi connectivity index (χ4v) is 2.09. The van der Waals surface area contributed by atoms with Gasteiger partial charge in [-0.2, -0.15) is 4.98 Å². The lowest BCUT2D eigenvalue weighted by atomic mass is 10.2. The maximum atomic E-state index is 14.2. The second-order valence-electron chi connectivity index (χ2n) is 4.93. The van der Waals surface area contributed by atoms with Crippen LogP contribution in [0, 0.1) is 12.7 Å². The van der Waals surface area contributed by atoms with Gasteiger partial charge in [-0.15, -0.1) is 0 Å². The minimum absolute atomic E-state index is 0.170. The molecule has 0 unspecified atom stereocenters. The Kier molecular flexibility index (Phi) is 4.01. The lowest BCUT2D eigenvalue weighted by molar-refractivity contribution is 0.632. The number of pyridine rings is 1. The lowest BCUT2D eigenvalue weighted by Crippen LogP contribution is -2.02. The lowest BCUT2D eigenvalue weighted by Gasteiger charge is -2.10. The molecule has 0 fully saturated rings. The predicted molar refractivity (Wildman–Crippen MR) is 88.4 cm³/mol. The molecule has 0 amide bonds. The van der Waals surface area contributed by atoms with Gasteiger partial charge in [0.1, 0.15) is 11.6 Å². The molecule has 0 aliphatic rings. The van der Waals surface area contributed by atoms with Crippen LogP contribution in [0.2, 0.25) is 0 Å². The molecule has 3 aromatic rings. The third kappa shape index (κ3) is 3.70. The molecule has 0 bridgehead atoms. The summed E-state index contributed by atoms with van der Waals surface area (Å²) >= 11 is 0. The van der Waals surface area contributed by atoms with E-state index in [0.29, 0.717) is 17.2 Å². The smallest absolute Gasteiger partial charge is 0.222 e. The van der Waals surface area contributed by atoms with Gasteiger partial charge >= 0.3 is 0 Å². The summed E-state index contributed by atoms with van der Waals surface area (Å²) in [7, 11) is 0. The van der Waals surface area contributed by atoms with Gasteiger partial charge in [0.25, 0.3) is 0 Å². The number of nitrogen functional groups attached to an aromatic ring is 1. The zero-order valence-electron chi connectivity index (χ0n) is 12.4. The van der Waals surface area contributed by atoms with Crippen LogP contribution < -0.4 is 16.4 Å². The van der Waals surface area contributed by atoms with Gasteiger partial charge in [0.2, 0.25) is 5.95 Å². The second-order valence-corrected chi connectivity index (χ2v) is 4.93. The van der Waals surface area contributed by atoms with Gasteiger partial charge in [-0.25, -0.2) is 9.37 Å². The topological polar surface area (TPSA) is 88.8 Å². The van der Waals surface area contributed by atoms with Crippen molar-refractivity contribution in [3.8, 4) is 0 Å². The summed E-state index contributed by atoms with van der Waals surface area (Å²) in [4.78, 5) is 12.0. The van der Waals surface area contributed by atoms with Gasteiger partial charge in [0.15, 0.2) is 0 Å². The first-order valence-corrected chi connectivity index (χ1v) is 6.95. The first kappa shape index (κ1) is 14.7. The van der Waals surface area contributed by atoms with Crippen molar-refractivity contribution in [2.45, 2.75) is 6.92 Å². The highest BCUT2D eigenvalue weighted by molar-refractivity contribution is 5.65. The summed E-state index contributed by atoms with van der Waals surface area (Å²) in [5.74, 6) is 0.304. The Balaban J connectivity index is 1.79. The van der Waals surface area contributed by atoms with Gasteiger partial charge in [-0.1, -0.05) is 0 Å². The Morgan fingerprint density at radius 1 is 0.957 bits per heavy atom. The van der Waals surface area contributed by atoms with E-state index in [4.69, 9.17) is 5.73 Å². The SMILES string of the molecule is Cc1cc(Nc2ccc(Nc3ccncc3)c(F)c2)nc(N)n1. The molecular formula is C16H15FN6. The van der Waals surface area contributed by atoms with Crippen molar-refractivity contribution in [1.29, 1.82) is 0 Å². The van der Waals surface area contributed by atoms with Crippen LogP contribution in [0.5, 0.6) is 0 Å². The number of hydrogen-bond acceptors (Lipinski definition) is 6. The monoisotopic (exact) mass is 310 g/mol. The molecule has 0 radical (unpaired) electrons. The highest BCUT2D eigenvalue weighted by Gasteiger charge is 2.06. The zero-order chi connectivity index (χ0) is 16.2. The number of nitrogens with two attached hydrogens (primary N) is 1. The van der Waals surface area contributed by atoms with Crippen molar-refractivity contribution in [1.82, 2.24) is 15.0 Å². The van der Waals surface area contributed by atoms with Crippen LogP contribution in [0.15, 0.2) is 48.8 Å². The molecule has 116 valence electrons. The molecule has 4 N–H and O–H groups in total. The normalized spacial score (nSPS) is 10.3. The quantitative estimate of drug-likeness (QED) is 0.684. The third-order valence-corrected chi connectivity index (χ3v) is 3.07. The van der Waals surface area contributed by atoms with Crippen molar-refractivity contribution >= 4 is 28.8 Å². The molecule has 0 saturated carbocycles.